The Labute approximate surface area is 138 Å². The van der Waals surface area contributed by atoms with E-state index in [1.807, 2.05) is 0 Å². The smallest absolute Gasteiger partial charge is 0.261 e. The Hall–Kier alpha value is -1.62. The van der Waals surface area contributed by atoms with Crippen LogP contribution in [0.1, 0.15) is 25.8 Å². The molecule has 1 aromatic rings. The zero-order valence-corrected chi connectivity index (χ0v) is 13.6. The van der Waals surface area contributed by atoms with E-state index in [9.17, 15) is 14.7 Å². The number of carbonyl (C=O) groups excluding carboxylic acids is 2. The van der Waals surface area contributed by atoms with Crippen LogP contribution in [-0.2, 0) is 15.2 Å². The lowest BCUT2D eigenvalue weighted by Gasteiger charge is -2.21. The number of hydrogen-bond donors (Lipinski definition) is 2. The second kappa shape index (κ2) is 6.24. The number of halogens is 2. The molecule has 0 aliphatic carbocycles. The Morgan fingerprint density at radius 2 is 1.95 bits per heavy atom. The first-order valence-corrected chi connectivity index (χ1v) is 7.45. The number of nitrogens with one attached hydrogen (secondary N) is 1. The summed E-state index contributed by atoms with van der Waals surface area (Å²) >= 11 is 12.1. The second-order valence-electron chi connectivity index (χ2n) is 4.94. The quantitative estimate of drug-likeness (QED) is 0.650. The van der Waals surface area contributed by atoms with Gasteiger partial charge in [-0.25, -0.2) is 0 Å². The van der Waals surface area contributed by atoms with E-state index in [1.165, 1.54) is 12.1 Å². The molecule has 2 N–H and O–H groups in total. The van der Waals surface area contributed by atoms with E-state index < -0.39 is 17.9 Å². The van der Waals surface area contributed by atoms with Crippen molar-refractivity contribution in [3.63, 3.8) is 0 Å². The number of fused-ring (bicyclic) bond motifs is 1. The summed E-state index contributed by atoms with van der Waals surface area (Å²) in [6.45, 7) is 3.49. The zero-order chi connectivity index (χ0) is 16.5. The summed E-state index contributed by atoms with van der Waals surface area (Å²) in [5.74, 6) is -1.07. The van der Waals surface area contributed by atoms with Gasteiger partial charge in [0.25, 0.3) is 5.91 Å². The van der Waals surface area contributed by atoms with Gasteiger partial charge in [0, 0.05) is 16.2 Å². The van der Waals surface area contributed by atoms with Crippen molar-refractivity contribution >= 4 is 40.6 Å². The van der Waals surface area contributed by atoms with Gasteiger partial charge in [-0.15, -0.1) is 0 Å². The van der Waals surface area contributed by atoms with Crippen LogP contribution in [0, 0.1) is 0 Å². The third kappa shape index (κ3) is 2.70. The number of anilines is 1. The van der Waals surface area contributed by atoms with Crippen molar-refractivity contribution < 1.29 is 14.7 Å². The van der Waals surface area contributed by atoms with Gasteiger partial charge in [-0.2, -0.15) is 0 Å². The molecule has 1 aromatic carbocycles. The van der Waals surface area contributed by atoms with Crippen LogP contribution in [0.2, 0.25) is 10.0 Å². The van der Waals surface area contributed by atoms with Gasteiger partial charge in [0.05, 0.1) is 17.1 Å². The molecule has 1 amide bonds. The third-order valence-electron chi connectivity index (χ3n) is 3.53. The van der Waals surface area contributed by atoms with E-state index in [0.717, 1.165) is 0 Å². The van der Waals surface area contributed by atoms with Crippen molar-refractivity contribution in [2.75, 3.05) is 5.32 Å². The molecule has 1 heterocycles. The molecule has 1 atom stereocenters. The molecule has 0 fully saturated rings. The highest BCUT2D eigenvalue weighted by Crippen LogP contribution is 2.46. The van der Waals surface area contributed by atoms with Crippen molar-refractivity contribution in [2.24, 2.45) is 0 Å². The minimum atomic E-state index is -2.02. The van der Waals surface area contributed by atoms with Crippen LogP contribution in [0.5, 0.6) is 0 Å². The van der Waals surface area contributed by atoms with Gasteiger partial charge in [0.15, 0.2) is 11.4 Å². The first kappa shape index (κ1) is 16.7. The Morgan fingerprint density at radius 1 is 1.32 bits per heavy atom. The molecular formula is C16H15Cl2NO3. The number of benzene rings is 1. The lowest BCUT2D eigenvalue weighted by Crippen LogP contribution is -2.37. The van der Waals surface area contributed by atoms with Crippen molar-refractivity contribution in [1.82, 2.24) is 0 Å². The molecule has 0 aromatic heterocycles. The summed E-state index contributed by atoms with van der Waals surface area (Å²) in [5.41, 5.74) is -1.21. The fourth-order valence-electron chi connectivity index (χ4n) is 2.44. The van der Waals surface area contributed by atoms with E-state index in [4.69, 9.17) is 23.2 Å². The van der Waals surface area contributed by atoms with E-state index in [0.29, 0.717) is 5.57 Å². The zero-order valence-electron chi connectivity index (χ0n) is 12.1. The summed E-state index contributed by atoms with van der Waals surface area (Å²) < 4.78 is 0. The molecule has 22 heavy (non-hydrogen) atoms. The van der Waals surface area contributed by atoms with Crippen LogP contribution in [0.25, 0.3) is 0 Å². The number of amides is 1. The number of rotatable bonds is 4. The van der Waals surface area contributed by atoms with Crippen LogP contribution >= 0.6 is 23.2 Å². The number of hydrogen-bond acceptors (Lipinski definition) is 3. The first-order valence-electron chi connectivity index (χ1n) is 6.69. The standard InChI is InChI=1S/C16H15Cl2NO3/c1-3-5-9(4-2)12(20)8-16(22)13-10(17)6-7-11(18)14(13)19-15(16)21/h3-7,22H,8H2,1-2H3,(H,19,21)/b5-3-,9-4+. The highest BCUT2D eigenvalue weighted by atomic mass is 35.5. The van der Waals surface area contributed by atoms with Crippen LogP contribution < -0.4 is 5.32 Å². The fourth-order valence-corrected chi connectivity index (χ4v) is 2.96. The molecular weight excluding hydrogens is 325 g/mol. The van der Waals surface area contributed by atoms with Crippen LogP contribution in [0.3, 0.4) is 0 Å². The number of allylic oxidation sites excluding steroid dienone is 4. The minimum absolute atomic E-state index is 0.149. The summed E-state index contributed by atoms with van der Waals surface area (Å²) in [5, 5.41) is 13.7. The van der Waals surface area contributed by atoms with Crippen molar-refractivity contribution in [3.05, 3.63) is 51.5 Å². The van der Waals surface area contributed by atoms with Crippen LogP contribution in [0.15, 0.2) is 35.9 Å². The highest BCUT2D eigenvalue weighted by molar-refractivity contribution is 6.38. The number of aliphatic hydroxyl groups is 1. The maximum absolute atomic E-state index is 12.3. The maximum Gasteiger partial charge on any atom is 0.261 e. The summed E-state index contributed by atoms with van der Waals surface area (Å²) in [6, 6.07) is 3.01. The predicted octanol–water partition coefficient (Wildman–Crippen LogP) is 3.61. The average molecular weight is 340 g/mol. The van der Waals surface area contributed by atoms with Gasteiger partial charge in [0.2, 0.25) is 0 Å². The lowest BCUT2D eigenvalue weighted by molar-refractivity contribution is -0.138. The predicted molar refractivity (Wildman–Crippen MR) is 87.2 cm³/mol. The molecule has 1 unspecified atom stereocenters. The molecule has 0 bridgehead atoms. The summed E-state index contributed by atoms with van der Waals surface area (Å²) in [4.78, 5) is 24.5. The monoisotopic (exact) mass is 339 g/mol. The van der Waals surface area contributed by atoms with Crippen LogP contribution in [-0.4, -0.2) is 16.8 Å². The molecule has 0 saturated heterocycles. The summed E-state index contributed by atoms with van der Waals surface area (Å²) in [6.07, 6.45) is 4.55. The van der Waals surface area contributed by atoms with Gasteiger partial charge >= 0.3 is 0 Å². The maximum atomic E-state index is 12.3. The Kier molecular flexibility index (Phi) is 4.75. The number of ketones is 1. The van der Waals surface area contributed by atoms with E-state index in [-0.39, 0.29) is 27.1 Å². The molecule has 4 nitrogen and oxygen atoms in total. The Morgan fingerprint density at radius 3 is 2.55 bits per heavy atom. The molecule has 2 rings (SSSR count). The topological polar surface area (TPSA) is 66.4 Å². The van der Waals surface area contributed by atoms with E-state index in [1.54, 1.807) is 32.1 Å². The number of Topliss-reactive ketones (excluding diaryl/α,β-unsaturated/α-hetero) is 1. The van der Waals surface area contributed by atoms with E-state index in [2.05, 4.69) is 5.32 Å². The first-order chi connectivity index (χ1) is 10.3. The lowest BCUT2D eigenvalue weighted by atomic mass is 9.87. The van der Waals surface area contributed by atoms with Crippen LogP contribution in [0.4, 0.5) is 5.69 Å². The largest absolute Gasteiger partial charge is 0.375 e. The molecule has 116 valence electrons. The van der Waals surface area contributed by atoms with Crippen molar-refractivity contribution in [3.8, 4) is 0 Å². The van der Waals surface area contributed by atoms with Crippen molar-refractivity contribution in [1.29, 1.82) is 0 Å². The summed E-state index contributed by atoms with van der Waals surface area (Å²) in [7, 11) is 0. The SMILES string of the molecule is C/C=C\C(=C/C)C(=O)CC1(O)C(=O)Nc2c(Cl)ccc(Cl)c21. The normalized spacial score (nSPS) is 21.1. The third-order valence-corrected chi connectivity index (χ3v) is 4.16. The highest BCUT2D eigenvalue weighted by Gasteiger charge is 2.49. The molecule has 1 aliphatic heterocycles. The molecule has 0 radical (unpaired) electrons. The minimum Gasteiger partial charge on any atom is -0.375 e. The van der Waals surface area contributed by atoms with Gasteiger partial charge in [-0.1, -0.05) is 41.4 Å². The Bertz CT molecular complexity index is 710. The van der Waals surface area contributed by atoms with Gasteiger partial charge < -0.3 is 10.4 Å². The molecule has 6 heteroatoms. The second-order valence-corrected chi connectivity index (χ2v) is 5.75. The average Bonchev–Trinajstić information content (AvgIpc) is 2.73. The van der Waals surface area contributed by atoms with Gasteiger partial charge in [-0.05, 0) is 26.0 Å². The van der Waals surface area contributed by atoms with Crippen molar-refractivity contribution in [2.45, 2.75) is 25.9 Å². The van der Waals surface area contributed by atoms with Gasteiger partial charge in [-0.3, -0.25) is 9.59 Å². The molecule has 0 spiro atoms. The Balaban J connectivity index is 2.46. The molecule has 0 saturated carbocycles. The number of carbonyl (C=O) groups is 2. The molecule has 1 aliphatic rings. The van der Waals surface area contributed by atoms with E-state index >= 15 is 0 Å². The van der Waals surface area contributed by atoms with Gasteiger partial charge in [0.1, 0.15) is 0 Å². The fraction of sp³-hybridized carbons (Fsp3) is 0.250.